The van der Waals surface area contributed by atoms with Crippen molar-refractivity contribution >= 4 is 38.1 Å². The number of methoxy groups -OCH3 is 1. The normalized spacial score (nSPS) is 11.6. The van der Waals surface area contributed by atoms with E-state index in [1.54, 1.807) is 36.5 Å². The first-order chi connectivity index (χ1) is 14.6. The van der Waals surface area contributed by atoms with Crippen LogP contribution in [0, 0.1) is 13.8 Å². The highest BCUT2D eigenvalue weighted by atomic mass is 79.9. The number of aromatic nitrogens is 1. The first-order valence-corrected chi connectivity index (χ1v) is 11.4. The number of sulfonamides is 1. The van der Waals surface area contributed by atoms with Gasteiger partial charge in [-0.3, -0.25) is 4.79 Å². The number of primary sulfonamides is 1. The highest BCUT2D eigenvalue weighted by Gasteiger charge is 2.14. The van der Waals surface area contributed by atoms with Crippen LogP contribution in [0.15, 0.2) is 63.0 Å². The molecule has 0 aliphatic rings. The third-order valence-corrected chi connectivity index (χ3v) is 6.09. The fourth-order valence-electron chi connectivity index (χ4n) is 3.18. The molecule has 162 valence electrons. The van der Waals surface area contributed by atoms with Gasteiger partial charge in [-0.15, -0.1) is 0 Å². The van der Waals surface area contributed by atoms with Gasteiger partial charge in [0.1, 0.15) is 5.75 Å². The Morgan fingerprint density at radius 2 is 1.84 bits per heavy atom. The second-order valence-electron chi connectivity index (χ2n) is 6.74. The highest BCUT2D eigenvalue weighted by molar-refractivity contribution is 9.10. The van der Waals surface area contributed by atoms with Crippen molar-refractivity contribution in [3.8, 4) is 11.4 Å². The van der Waals surface area contributed by atoms with E-state index in [4.69, 9.17) is 9.88 Å². The predicted octanol–water partition coefficient (Wildman–Crippen LogP) is 3.28. The van der Waals surface area contributed by atoms with E-state index in [2.05, 4.69) is 26.5 Å². The Hall–Kier alpha value is -2.95. The van der Waals surface area contributed by atoms with E-state index in [0.717, 1.165) is 27.1 Å². The second kappa shape index (κ2) is 9.04. The van der Waals surface area contributed by atoms with E-state index in [9.17, 15) is 13.2 Å². The fourth-order valence-corrected chi connectivity index (χ4v) is 4.06. The topological polar surface area (TPSA) is 116 Å². The summed E-state index contributed by atoms with van der Waals surface area (Å²) in [5, 5.41) is 9.23. The van der Waals surface area contributed by atoms with Crippen LogP contribution in [0.1, 0.15) is 27.3 Å². The maximum Gasteiger partial charge on any atom is 0.275 e. The number of halogens is 1. The molecule has 0 aliphatic carbocycles. The van der Waals surface area contributed by atoms with Crippen LogP contribution in [0.3, 0.4) is 0 Å². The first-order valence-electron chi connectivity index (χ1n) is 9.11. The van der Waals surface area contributed by atoms with Crippen molar-refractivity contribution in [1.82, 2.24) is 9.99 Å². The van der Waals surface area contributed by atoms with Gasteiger partial charge >= 0.3 is 0 Å². The number of nitrogens with zero attached hydrogens (tertiary/aromatic N) is 2. The third-order valence-electron chi connectivity index (χ3n) is 4.67. The van der Waals surface area contributed by atoms with Gasteiger partial charge in [0.05, 0.1) is 23.8 Å². The molecule has 3 rings (SSSR count). The van der Waals surface area contributed by atoms with Crippen molar-refractivity contribution in [2.45, 2.75) is 18.7 Å². The largest absolute Gasteiger partial charge is 0.496 e. The number of hydrogen-bond donors (Lipinski definition) is 2. The Kier molecular flexibility index (Phi) is 6.63. The number of nitrogens with two attached hydrogens (primary N) is 1. The molecule has 3 N–H and O–H groups in total. The highest BCUT2D eigenvalue weighted by Crippen LogP contribution is 2.23. The Balaban J connectivity index is 1.82. The molecule has 3 aromatic rings. The number of benzene rings is 2. The van der Waals surface area contributed by atoms with E-state index in [-0.39, 0.29) is 4.90 Å². The molecule has 0 radical (unpaired) electrons. The molecule has 0 unspecified atom stereocenters. The molecular formula is C21H21BrN4O4S. The summed E-state index contributed by atoms with van der Waals surface area (Å²) in [5.41, 5.74) is 6.24. The van der Waals surface area contributed by atoms with Gasteiger partial charge in [0.2, 0.25) is 10.0 Å². The number of hydrogen-bond acceptors (Lipinski definition) is 5. The maximum absolute atomic E-state index is 12.5. The minimum atomic E-state index is -3.75. The van der Waals surface area contributed by atoms with Gasteiger partial charge in [-0.1, -0.05) is 15.9 Å². The van der Waals surface area contributed by atoms with Crippen LogP contribution in [0.25, 0.3) is 5.69 Å². The Morgan fingerprint density at radius 3 is 2.45 bits per heavy atom. The summed E-state index contributed by atoms with van der Waals surface area (Å²) in [7, 11) is -2.26. The molecule has 0 fully saturated rings. The Bertz CT molecular complexity index is 1270. The zero-order valence-electron chi connectivity index (χ0n) is 17.1. The number of amides is 1. The van der Waals surface area contributed by atoms with Crippen LogP contribution < -0.4 is 15.3 Å². The molecule has 8 nitrogen and oxygen atoms in total. The molecule has 0 bridgehead atoms. The minimum Gasteiger partial charge on any atom is -0.496 e. The standard InChI is InChI=1S/C21H21BrN4O4S/c1-13-10-15(12-24-25-21(27)19-11-16(22)4-9-20(19)30-3)14(2)26(13)17-5-7-18(8-6-17)31(23,28)29/h4-12H,1-3H3,(H,25,27)(H2,23,28,29). The van der Waals surface area contributed by atoms with Crippen LogP contribution in [0.4, 0.5) is 0 Å². The van der Waals surface area contributed by atoms with Gasteiger partial charge in [-0.05, 0) is 62.4 Å². The van der Waals surface area contributed by atoms with Crippen LogP contribution in [-0.4, -0.2) is 32.2 Å². The summed E-state index contributed by atoms with van der Waals surface area (Å²) in [5.74, 6) is 0.0406. The monoisotopic (exact) mass is 504 g/mol. The number of ether oxygens (including phenoxy) is 1. The molecule has 31 heavy (non-hydrogen) atoms. The van der Waals surface area contributed by atoms with Crippen molar-refractivity contribution in [3.63, 3.8) is 0 Å². The molecule has 0 saturated heterocycles. The maximum atomic E-state index is 12.5. The zero-order chi connectivity index (χ0) is 22.8. The molecule has 2 aromatic carbocycles. The van der Waals surface area contributed by atoms with Gasteiger partial charge in [-0.2, -0.15) is 5.10 Å². The van der Waals surface area contributed by atoms with Gasteiger partial charge in [0.25, 0.3) is 5.91 Å². The van der Waals surface area contributed by atoms with E-state index in [1.807, 2.05) is 24.5 Å². The fraction of sp³-hybridized carbons (Fsp3) is 0.143. The van der Waals surface area contributed by atoms with E-state index < -0.39 is 15.9 Å². The van der Waals surface area contributed by atoms with Crippen molar-refractivity contribution < 1.29 is 17.9 Å². The summed E-state index contributed by atoms with van der Waals surface area (Å²) in [4.78, 5) is 12.5. The number of rotatable bonds is 6. The molecule has 0 aliphatic heterocycles. The average Bonchev–Trinajstić information content (AvgIpc) is 3.00. The Morgan fingerprint density at radius 1 is 1.16 bits per heavy atom. The number of nitrogens with one attached hydrogen (secondary N) is 1. The molecule has 0 spiro atoms. The Labute approximate surface area is 188 Å². The molecule has 1 amide bonds. The smallest absolute Gasteiger partial charge is 0.275 e. The van der Waals surface area contributed by atoms with Crippen molar-refractivity contribution in [2.75, 3.05) is 7.11 Å². The number of carbonyl (C=O) groups excluding carboxylic acids is 1. The lowest BCUT2D eigenvalue weighted by Gasteiger charge is -2.10. The molecule has 1 heterocycles. The first kappa shape index (κ1) is 22.7. The van der Waals surface area contributed by atoms with Crippen LogP contribution in [0.2, 0.25) is 0 Å². The molecule has 0 atom stereocenters. The predicted molar refractivity (Wildman–Crippen MR) is 122 cm³/mol. The van der Waals surface area contributed by atoms with E-state index >= 15 is 0 Å². The van der Waals surface area contributed by atoms with Gasteiger partial charge in [0.15, 0.2) is 0 Å². The average molecular weight is 505 g/mol. The summed E-state index contributed by atoms with van der Waals surface area (Å²) >= 11 is 3.34. The zero-order valence-corrected chi connectivity index (χ0v) is 19.5. The number of carbonyl (C=O) groups is 1. The second-order valence-corrected chi connectivity index (χ2v) is 9.22. The molecule has 0 saturated carbocycles. The SMILES string of the molecule is COc1ccc(Br)cc1C(=O)NN=Cc1cc(C)n(-c2ccc(S(N)(=O)=O)cc2)c1C. The van der Waals surface area contributed by atoms with E-state index in [1.165, 1.54) is 19.2 Å². The van der Waals surface area contributed by atoms with Crippen molar-refractivity contribution in [2.24, 2.45) is 10.2 Å². The number of aryl methyl sites for hydroxylation is 1. The van der Waals surface area contributed by atoms with Crippen LogP contribution >= 0.6 is 15.9 Å². The summed E-state index contributed by atoms with van der Waals surface area (Å²) in [6.45, 7) is 3.82. The van der Waals surface area contributed by atoms with Crippen molar-refractivity contribution in [3.05, 3.63) is 75.5 Å². The van der Waals surface area contributed by atoms with Crippen molar-refractivity contribution in [1.29, 1.82) is 0 Å². The van der Waals surface area contributed by atoms with E-state index in [0.29, 0.717) is 11.3 Å². The molecule has 1 aromatic heterocycles. The molecule has 10 heteroatoms. The lowest BCUT2D eigenvalue weighted by Crippen LogP contribution is -2.18. The van der Waals surface area contributed by atoms with Gasteiger partial charge in [0, 0.05) is 27.1 Å². The van der Waals surface area contributed by atoms with Gasteiger partial charge < -0.3 is 9.30 Å². The minimum absolute atomic E-state index is 0.0474. The lowest BCUT2D eigenvalue weighted by atomic mass is 10.2. The third kappa shape index (κ3) is 5.04. The van der Waals surface area contributed by atoms with Crippen LogP contribution in [-0.2, 0) is 10.0 Å². The quantitative estimate of drug-likeness (QED) is 0.395. The number of hydrazone groups is 1. The van der Waals surface area contributed by atoms with Gasteiger partial charge in [-0.25, -0.2) is 19.0 Å². The van der Waals surface area contributed by atoms with Crippen LogP contribution in [0.5, 0.6) is 5.75 Å². The lowest BCUT2D eigenvalue weighted by molar-refractivity contribution is 0.0952. The summed E-state index contributed by atoms with van der Waals surface area (Å²) < 4.78 is 30.8. The summed E-state index contributed by atoms with van der Waals surface area (Å²) in [6, 6.07) is 13.3. The summed E-state index contributed by atoms with van der Waals surface area (Å²) in [6.07, 6.45) is 1.56. The molecular weight excluding hydrogens is 484 g/mol.